The molecule has 37 heavy (non-hydrogen) atoms. The highest BCUT2D eigenvalue weighted by Crippen LogP contribution is 2.29. The molecular weight excluding hydrogens is 505 g/mol. The third-order valence-corrected chi connectivity index (χ3v) is 7.49. The molecule has 2 aromatic heterocycles. The number of alkyl halides is 3. The van der Waals surface area contributed by atoms with Gasteiger partial charge in [-0.1, -0.05) is 36.2 Å². The van der Waals surface area contributed by atoms with Crippen LogP contribution in [-0.4, -0.2) is 69.2 Å². The van der Waals surface area contributed by atoms with E-state index in [4.69, 9.17) is 11.6 Å². The fourth-order valence-corrected chi connectivity index (χ4v) is 5.36. The molecule has 2 fully saturated rings. The Bertz CT molecular complexity index is 1180. The molecule has 0 aliphatic carbocycles. The fraction of sp³-hybridized carbons (Fsp3) is 0.519. The smallest absolute Gasteiger partial charge is 0.412 e. The van der Waals surface area contributed by atoms with Gasteiger partial charge in [-0.3, -0.25) is 9.88 Å². The second-order valence-corrected chi connectivity index (χ2v) is 10.2. The molecule has 0 unspecified atom stereocenters. The van der Waals surface area contributed by atoms with E-state index in [1.807, 2.05) is 0 Å². The Morgan fingerprint density at radius 1 is 1.14 bits per heavy atom. The molecular formula is C27H32ClF3N4O2. The SMILES string of the molecule is CC(=CC=CCc1nc2ccc(Cl)nc2c(C(=O)O)c1CN1CCC(N2CCCCC2)CC1)C(F)(F)F. The first kappa shape index (κ1) is 27.5. The summed E-state index contributed by atoms with van der Waals surface area (Å²) in [5, 5.41) is 10.3. The lowest BCUT2D eigenvalue weighted by Crippen LogP contribution is -2.46. The molecule has 2 aliphatic heterocycles. The summed E-state index contributed by atoms with van der Waals surface area (Å²) in [6.45, 7) is 5.36. The number of halogens is 4. The van der Waals surface area contributed by atoms with Crippen molar-refractivity contribution in [2.24, 2.45) is 0 Å². The summed E-state index contributed by atoms with van der Waals surface area (Å²) >= 11 is 6.08. The van der Waals surface area contributed by atoms with Crippen molar-refractivity contribution in [3.8, 4) is 0 Å². The maximum atomic E-state index is 12.8. The molecule has 2 aromatic rings. The van der Waals surface area contributed by atoms with E-state index in [9.17, 15) is 23.1 Å². The van der Waals surface area contributed by atoms with Crippen molar-refractivity contribution in [1.29, 1.82) is 0 Å². The van der Waals surface area contributed by atoms with Crippen LogP contribution < -0.4 is 0 Å². The number of likely N-dealkylation sites (tertiary alicyclic amines) is 2. The normalized spacial score (nSPS) is 19.2. The third kappa shape index (κ3) is 6.89. The summed E-state index contributed by atoms with van der Waals surface area (Å²) in [6, 6.07) is 3.71. The summed E-state index contributed by atoms with van der Waals surface area (Å²) in [7, 11) is 0. The second kappa shape index (κ2) is 11.9. The van der Waals surface area contributed by atoms with Crippen molar-refractivity contribution >= 4 is 28.6 Å². The van der Waals surface area contributed by atoms with Crippen LogP contribution in [0.5, 0.6) is 0 Å². The van der Waals surface area contributed by atoms with Crippen molar-refractivity contribution in [3.63, 3.8) is 0 Å². The molecule has 0 saturated carbocycles. The predicted octanol–water partition coefficient (Wildman–Crippen LogP) is 6.04. The number of aromatic carboxylic acids is 1. The van der Waals surface area contributed by atoms with E-state index in [2.05, 4.69) is 19.8 Å². The molecule has 2 aliphatic rings. The van der Waals surface area contributed by atoms with Crippen LogP contribution in [0.1, 0.15) is 60.6 Å². The number of piperidine rings is 2. The van der Waals surface area contributed by atoms with Crippen LogP contribution in [0, 0.1) is 0 Å². The van der Waals surface area contributed by atoms with E-state index in [0.29, 0.717) is 29.4 Å². The average Bonchev–Trinajstić information content (AvgIpc) is 2.86. The summed E-state index contributed by atoms with van der Waals surface area (Å²) in [5.74, 6) is -1.13. The molecule has 4 rings (SSSR count). The second-order valence-electron chi connectivity index (χ2n) is 9.80. The molecule has 0 aromatic carbocycles. The van der Waals surface area contributed by atoms with Crippen molar-refractivity contribution in [1.82, 2.24) is 19.8 Å². The number of fused-ring (bicyclic) bond motifs is 1. The van der Waals surface area contributed by atoms with Gasteiger partial charge >= 0.3 is 12.1 Å². The summed E-state index contributed by atoms with van der Waals surface area (Å²) < 4.78 is 38.4. The molecule has 0 spiro atoms. The van der Waals surface area contributed by atoms with E-state index < -0.39 is 17.7 Å². The van der Waals surface area contributed by atoms with E-state index in [-0.39, 0.29) is 22.7 Å². The van der Waals surface area contributed by atoms with Gasteiger partial charge in [-0.05, 0) is 70.9 Å². The standard InChI is InChI=1S/C27H32ClF3N4O2/c1-18(27(29,30)31)7-3-4-8-21-20(24(26(36)37)25-22(32-21)9-10-23(28)33-25)17-34-15-11-19(12-16-34)35-13-5-2-6-14-35/h3-4,7,9-10,19H,2,5-6,8,11-17H2,1H3,(H,36,37). The van der Waals surface area contributed by atoms with Gasteiger partial charge in [-0.15, -0.1) is 0 Å². The third-order valence-electron chi connectivity index (χ3n) is 7.28. The van der Waals surface area contributed by atoms with Gasteiger partial charge in [0, 0.05) is 30.1 Å². The number of aromatic nitrogens is 2. The number of rotatable bonds is 7. The Hall–Kier alpha value is -2.49. The highest BCUT2D eigenvalue weighted by molar-refractivity contribution is 6.29. The number of carboxylic acids is 1. The number of hydrogen-bond donors (Lipinski definition) is 1. The largest absolute Gasteiger partial charge is 0.478 e. The summed E-state index contributed by atoms with van der Waals surface area (Å²) in [5.41, 5.74) is 1.00. The Morgan fingerprint density at radius 2 is 1.84 bits per heavy atom. The summed E-state index contributed by atoms with van der Waals surface area (Å²) in [4.78, 5) is 26.2. The Labute approximate surface area is 219 Å². The lowest BCUT2D eigenvalue weighted by molar-refractivity contribution is -0.0913. The van der Waals surface area contributed by atoms with Crippen LogP contribution in [0.4, 0.5) is 13.2 Å². The minimum absolute atomic E-state index is 0.0519. The minimum Gasteiger partial charge on any atom is -0.478 e. The van der Waals surface area contributed by atoms with Gasteiger partial charge < -0.3 is 10.0 Å². The van der Waals surface area contributed by atoms with Crippen LogP contribution >= 0.6 is 11.6 Å². The lowest BCUT2D eigenvalue weighted by Gasteiger charge is -2.40. The molecule has 2 saturated heterocycles. The molecule has 1 N–H and O–H groups in total. The van der Waals surface area contributed by atoms with Crippen LogP contribution in [0.25, 0.3) is 11.0 Å². The molecule has 0 atom stereocenters. The molecule has 200 valence electrons. The zero-order valence-electron chi connectivity index (χ0n) is 20.9. The first-order valence-electron chi connectivity index (χ1n) is 12.7. The zero-order chi connectivity index (χ0) is 26.6. The molecule has 10 heteroatoms. The zero-order valence-corrected chi connectivity index (χ0v) is 21.7. The van der Waals surface area contributed by atoms with E-state index in [1.54, 1.807) is 18.2 Å². The molecule has 6 nitrogen and oxygen atoms in total. The number of nitrogens with zero attached hydrogens (tertiary/aromatic N) is 4. The number of allylic oxidation sites excluding steroid dienone is 4. The predicted molar refractivity (Wildman–Crippen MR) is 138 cm³/mol. The Balaban J connectivity index is 1.61. The highest BCUT2D eigenvalue weighted by atomic mass is 35.5. The number of pyridine rings is 2. The van der Waals surface area contributed by atoms with Crippen molar-refractivity contribution in [3.05, 3.63) is 57.9 Å². The van der Waals surface area contributed by atoms with Crippen LogP contribution in [0.2, 0.25) is 5.15 Å². The summed E-state index contributed by atoms with van der Waals surface area (Å²) in [6.07, 6.45) is 5.54. The van der Waals surface area contributed by atoms with E-state index in [1.165, 1.54) is 25.3 Å². The number of hydrogen-bond acceptors (Lipinski definition) is 5. The van der Waals surface area contributed by atoms with E-state index in [0.717, 1.165) is 52.0 Å². The fourth-order valence-electron chi connectivity index (χ4n) is 5.21. The number of carboxylic acid groups (broad SMARTS) is 1. The monoisotopic (exact) mass is 536 g/mol. The molecule has 0 radical (unpaired) electrons. The van der Waals surface area contributed by atoms with Gasteiger partial charge in [0.1, 0.15) is 10.7 Å². The average molecular weight is 537 g/mol. The number of carbonyl (C=O) groups is 1. The van der Waals surface area contributed by atoms with Gasteiger partial charge in [-0.25, -0.2) is 9.78 Å². The topological polar surface area (TPSA) is 69.6 Å². The van der Waals surface area contributed by atoms with Gasteiger partial charge in [0.25, 0.3) is 0 Å². The Kier molecular flexibility index (Phi) is 8.87. The molecule has 4 heterocycles. The van der Waals surface area contributed by atoms with Crippen LogP contribution in [0.15, 0.2) is 35.9 Å². The Morgan fingerprint density at radius 3 is 2.49 bits per heavy atom. The quantitative estimate of drug-likeness (QED) is 0.344. The first-order chi connectivity index (χ1) is 17.6. The molecule has 0 bridgehead atoms. The van der Waals surface area contributed by atoms with Crippen LogP contribution in [-0.2, 0) is 13.0 Å². The molecule has 0 amide bonds. The first-order valence-corrected chi connectivity index (χ1v) is 13.1. The lowest BCUT2D eigenvalue weighted by atomic mass is 9.97. The van der Waals surface area contributed by atoms with Gasteiger partial charge in [0.2, 0.25) is 0 Å². The van der Waals surface area contributed by atoms with Crippen LogP contribution in [0.3, 0.4) is 0 Å². The highest BCUT2D eigenvalue weighted by Gasteiger charge is 2.30. The van der Waals surface area contributed by atoms with Crippen molar-refractivity contribution < 1.29 is 23.1 Å². The van der Waals surface area contributed by atoms with Gasteiger partial charge in [0.15, 0.2) is 0 Å². The van der Waals surface area contributed by atoms with Gasteiger partial charge in [0.05, 0.1) is 16.8 Å². The van der Waals surface area contributed by atoms with Crippen molar-refractivity contribution in [2.75, 3.05) is 26.2 Å². The maximum Gasteiger partial charge on any atom is 0.412 e. The maximum absolute atomic E-state index is 12.8. The van der Waals surface area contributed by atoms with Crippen molar-refractivity contribution in [2.45, 2.75) is 64.2 Å². The minimum atomic E-state index is -4.39. The van der Waals surface area contributed by atoms with E-state index >= 15 is 0 Å². The van der Waals surface area contributed by atoms with Gasteiger partial charge in [-0.2, -0.15) is 13.2 Å².